The molecule has 0 bridgehead atoms. The number of carbonyl (C=O) groups excluding carboxylic acids is 3. The summed E-state index contributed by atoms with van der Waals surface area (Å²) in [6.45, 7) is 0. The van der Waals surface area contributed by atoms with Crippen molar-refractivity contribution in [3.8, 4) is 5.75 Å². The molecule has 206 valence electrons. The average Bonchev–Trinajstić information content (AvgIpc) is 3.26. The maximum Gasteiger partial charge on any atom is 0.255 e. The van der Waals surface area contributed by atoms with Gasteiger partial charge < -0.3 is 30.7 Å². The SMILES string of the molecule is CN(C)[C@H]1C(=O)C(C(N)=O)=C(O)[C@@]2(O)C(=O)C3=C(O)c4c(O)ccc(CCCc5cccn5C)c4C[C@H]3C[C@H]12. The third kappa shape index (κ3) is 3.89. The third-order valence-corrected chi connectivity index (χ3v) is 8.63. The number of carbonyl (C=O) groups is 3. The van der Waals surface area contributed by atoms with Crippen molar-refractivity contribution in [1.82, 2.24) is 9.47 Å². The van der Waals surface area contributed by atoms with Gasteiger partial charge in [0.1, 0.15) is 22.8 Å². The topological polar surface area (TPSA) is 166 Å². The number of phenolic OH excluding ortho intramolecular Hbond substituents is 1. The number of hydrogen-bond acceptors (Lipinski definition) is 8. The molecular weight excluding hydrogens is 502 g/mol. The van der Waals surface area contributed by atoms with E-state index in [4.69, 9.17) is 5.73 Å². The van der Waals surface area contributed by atoms with Gasteiger partial charge in [-0.3, -0.25) is 19.3 Å². The molecule has 0 saturated heterocycles. The Bertz CT molecular complexity index is 1470. The molecule has 3 aliphatic rings. The van der Waals surface area contributed by atoms with E-state index < -0.39 is 58.0 Å². The maximum atomic E-state index is 13.9. The standard InChI is InChI=1S/C29H33N3O7/c1-31(2)23-18-13-15-12-17-14(6-4-7-16-8-5-11-32(16)3)9-10-19(33)21(17)24(34)20(15)26(36)29(18,39)27(37)22(25(23)35)28(30)38/h5,8-11,15,18,23,33-34,37,39H,4,6-7,12-13H2,1-3H3,(H2,30,38)/t15-,18+,23+,29-/m0/s1. The van der Waals surface area contributed by atoms with E-state index in [0.717, 1.165) is 18.4 Å². The van der Waals surface area contributed by atoms with Gasteiger partial charge in [-0.1, -0.05) is 6.07 Å². The normalized spacial score (nSPS) is 26.5. The lowest BCUT2D eigenvalue weighted by Gasteiger charge is -2.50. The van der Waals surface area contributed by atoms with Crippen molar-refractivity contribution in [3.63, 3.8) is 0 Å². The Morgan fingerprint density at radius 2 is 1.87 bits per heavy atom. The number of aryl methyl sites for hydroxylation is 3. The highest BCUT2D eigenvalue weighted by Crippen LogP contribution is 2.53. The van der Waals surface area contributed by atoms with E-state index >= 15 is 0 Å². The number of Topliss-reactive ketones (excluding diaryl/α,β-unsaturated/α-hetero) is 2. The lowest BCUT2D eigenvalue weighted by Crippen LogP contribution is -2.65. The van der Waals surface area contributed by atoms with E-state index in [1.807, 2.05) is 25.4 Å². The molecule has 0 unspecified atom stereocenters. The number of benzene rings is 1. The van der Waals surface area contributed by atoms with Crippen LogP contribution in [0, 0.1) is 11.8 Å². The first-order valence-corrected chi connectivity index (χ1v) is 13.0. The summed E-state index contributed by atoms with van der Waals surface area (Å²) in [7, 11) is 5.15. The Balaban J connectivity index is 1.58. The molecule has 1 amide bonds. The van der Waals surface area contributed by atoms with Crippen molar-refractivity contribution in [2.24, 2.45) is 24.6 Å². The lowest BCUT2D eigenvalue weighted by molar-refractivity contribution is -0.153. The van der Waals surface area contributed by atoms with Crippen LogP contribution < -0.4 is 5.73 Å². The van der Waals surface area contributed by atoms with E-state index in [9.17, 15) is 34.8 Å². The van der Waals surface area contributed by atoms with Gasteiger partial charge in [0.2, 0.25) is 5.78 Å². The fourth-order valence-electron chi connectivity index (χ4n) is 6.76. The van der Waals surface area contributed by atoms with Crippen LogP contribution in [0.25, 0.3) is 5.76 Å². The van der Waals surface area contributed by atoms with E-state index in [-0.39, 0.29) is 23.3 Å². The molecule has 0 aliphatic heterocycles. The zero-order valence-corrected chi connectivity index (χ0v) is 22.1. The summed E-state index contributed by atoms with van der Waals surface area (Å²) in [6.07, 6.45) is 4.69. The van der Waals surface area contributed by atoms with E-state index in [2.05, 4.69) is 10.6 Å². The van der Waals surface area contributed by atoms with Crippen LogP contribution in [0.15, 0.2) is 47.4 Å². The molecule has 1 aromatic carbocycles. The molecule has 2 aromatic rings. The lowest BCUT2D eigenvalue weighted by atomic mass is 9.57. The molecule has 0 spiro atoms. The van der Waals surface area contributed by atoms with Crippen molar-refractivity contribution in [2.45, 2.75) is 43.7 Å². The number of rotatable bonds is 6. The zero-order valence-electron chi connectivity index (χ0n) is 22.1. The molecule has 0 radical (unpaired) electrons. The number of fused-ring (bicyclic) bond motifs is 3. The molecular formula is C29H33N3O7. The number of likely N-dealkylation sites (N-methyl/N-ethyl adjacent to an activating group) is 1. The predicted octanol–water partition coefficient (Wildman–Crippen LogP) is 1.48. The molecule has 1 saturated carbocycles. The van der Waals surface area contributed by atoms with Crippen LogP contribution in [0.1, 0.15) is 35.2 Å². The predicted molar refractivity (Wildman–Crippen MR) is 142 cm³/mol. The Labute approximate surface area is 225 Å². The maximum absolute atomic E-state index is 13.9. The van der Waals surface area contributed by atoms with Gasteiger partial charge >= 0.3 is 0 Å². The van der Waals surface area contributed by atoms with Crippen LogP contribution in [0.3, 0.4) is 0 Å². The second-order valence-electron chi connectivity index (χ2n) is 11.0. The molecule has 1 aromatic heterocycles. The van der Waals surface area contributed by atoms with Crippen molar-refractivity contribution >= 4 is 23.2 Å². The summed E-state index contributed by atoms with van der Waals surface area (Å²) < 4.78 is 2.06. The van der Waals surface area contributed by atoms with Crippen molar-refractivity contribution in [1.29, 1.82) is 0 Å². The van der Waals surface area contributed by atoms with Crippen LogP contribution in [0.4, 0.5) is 0 Å². The van der Waals surface area contributed by atoms with Gasteiger partial charge in [-0.05, 0) is 81.4 Å². The fourth-order valence-corrected chi connectivity index (χ4v) is 6.76. The Morgan fingerprint density at radius 1 is 1.15 bits per heavy atom. The number of nitrogens with zero attached hydrogens (tertiary/aromatic N) is 2. The fraction of sp³-hybridized carbons (Fsp3) is 0.414. The number of aliphatic hydroxyl groups excluding tert-OH is 2. The largest absolute Gasteiger partial charge is 0.508 e. The number of nitrogens with two attached hydrogens (primary N) is 1. The summed E-state index contributed by atoms with van der Waals surface area (Å²) in [6, 6.07) is 6.24. The van der Waals surface area contributed by atoms with Crippen molar-refractivity contribution < 1.29 is 34.8 Å². The van der Waals surface area contributed by atoms with Crippen LogP contribution in [-0.2, 0) is 40.7 Å². The third-order valence-electron chi connectivity index (χ3n) is 8.63. The molecule has 10 nitrogen and oxygen atoms in total. The number of phenols is 1. The Hall–Kier alpha value is -3.89. The second kappa shape index (κ2) is 9.39. The number of aliphatic hydroxyl groups is 3. The van der Waals surface area contributed by atoms with Gasteiger partial charge in [0.05, 0.1) is 11.6 Å². The molecule has 4 atom stereocenters. The summed E-state index contributed by atoms with van der Waals surface area (Å²) in [5.41, 5.74) is 4.73. The second-order valence-corrected chi connectivity index (χ2v) is 11.0. The van der Waals surface area contributed by atoms with Gasteiger partial charge in [-0.2, -0.15) is 0 Å². The summed E-state index contributed by atoms with van der Waals surface area (Å²) in [5, 5.41) is 44.7. The number of aromatic hydroxyl groups is 1. The van der Waals surface area contributed by atoms with Crippen molar-refractivity contribution in [2.75, 3.05) is 14.1 Å². The highest BCUT2D eigenvalue weighted by atomic mass is 16.3. The summed E-state index contributed by atoms with van der Waals surface area (Å²) >= 11 is 0. The minimum Gasteiger partial charge on any atom is -0.508 e. The molecule has 10 heteroatoms. The van der Waals surface area contributed by atoms with Gasteiger partial charge in [0, 0.05) is 30.4 Å². The number of aromatic nitrogens is 1. The first kappa shape index (κ1) is 26.7. The zero-order chi connectivity index (χ0) is 28.4. The molecule has 5 rings (SSSR count). The highest BCUT2D eigenvalue weighted by Gasteiger charge is 2.64. The van der Waals surface area contributed by atoms with Crippen LogP contribution in [0.2, 0.25) is 0 Å². The number of ketones is 2. The molecule has 6 N–H and O–H groups in total. The molecule has 39 heavy (non-hydrogen) atoms. The highest BCUT2D eigenvalue weighted by molar-refractivity contribution is 6.24. The summed E-state index contributed by atoms with van der Waals surface area (Å²) in [4.78, 5) is 40.7. The van der Waals surface area contributed by atoms with E-state index in [1.165, 1.54) is 16.7 Å². The summed E-state index contributed by atoms with van der Waals surface area (Å²) in [5.74, 6) is -6.45. The van der Waals surface area contributed by atoms with Crippen molar-refractivity contribution in [3.05, 3.63) is 69.8 Å². The first-order chi connectivity index (χ1) is 18.4. The Morgan fingerprint density at radius 3 is 2.49 bits per heavy atom. The molecule has 3 aliphatic carbocycles. The van der Waals surface area contributed by atoms with Gasteiger partial charge in [0.15, 0.2) is 11.4 Å². The number of primary amides is 1. The van der Waals surface area contributed by atoms with Gasteiger partial charge in [-0.15, -0.1) is 0 Å². The average molecular weight is 536 g/mol. The minimum atomic E-state index is -2.63. The van der Waals surface area contributed by atoms with Gasteiger partial charge in [-0.25, -0.2) is 0 Å². The minimum absolute atomic E-state index is 0.0736. The van der Waals surface area contributed by atoms with Crippen LogP contribution in [0.5, 0.6) is 5.75 Å². The van der Waals surface area contributed by atoms with E-state index in [1.54, 1.807) is 14.1 Å². The smallest absolute Gasteiger partial charge is 0.255 e. The monoisotopic (exact) mass is 535 g/mol. The number of amides is 1. The van der Waals surface area contributed by atoms with Gasteiger partial charge in [0.25, 0.3) is 5.91 Å². The first-order valence-electron chi connectivity index (χ1n) is 13.0. The van der Waals surface area contributed by atoms with E-state index in [0.29, 0.717) is 18.4 Å². The number of hydrogen-bond donors (Lipinski definition) is 5. The molecule has 1 fully saturated rings. The Kier molecular flexibility index (Phi) is 6.43. The van der Waals surface area contributed by atoms with Crippen LogP contribution >= 0.6 is 0 Å². The van der Waals surface area contributed by atoms with Crippen LogP contribution in [-0.4, -0.2) is 73.1 Å². The quantitative estimate of drug-likeness (QED) is 0.347. The molecule has 1 heterocycles.